The molecule has 0 aromatic rings. The fourth-order valence-electron chi connectivity index (χ4n) is 0.683. The molecule has 1 aliphatic rings. The topological polar surface area (TPSA) is 29.4 Å². The van der Waals surface area contributed by atoms with Crippen molar-refractivity contribution in [1.82, 2.24) is 0 Å². The van der Waals surface area contributed by atoms with Crippen molar-refractivity contribution in [2.75, 3.05) is 0 Å². The molecule has 0 aliphatic heterocycles. The summed E-state index contributed by atoms with van der Waals surface area (Å²) in [5.41, 5.74) is 0. The second-order valence-electron chi connectivity index (χ2n) is 4.19. The van der Waals surface area contributed by atoms with Crippen LogP contribution in [0.3, 0.4) is 0 Å². The first-order valence-electron chi connectivity index (χ1n) is 4.07. The summed E-state index contributed by atoms with van der Waals surface area (Å²) in [6.07, 6.45) is 0.971. The highest BCUT2D eigenvalue weighted by atomic mass is 32.2. The molecule has 0 spiro atoms. The lowest BCUT2D eigenvalue weighted by Gasteiger charge is -2.12. The Morgan fingerprint density at radius 2 is 2.00 bits per heavy atom. The number of nitrogens with zero attached hydrogens (tertiary/aromatic N) is 1. The minimum Gasteiger partial charge on any atom is -0.234 e. The summed E-state index contributed by atoms with van der Waals surface area (Å²) >= 11 is 0. The normalized spacial score (nSPS) is 29.2. The maximum Gasteiger partial charge on any atom is 0.256 e. The van der Waals surface area contributed by atoms with Crippen LogP contribution in [0.2, 0.25) is 0 Å². The first-order valence-corrected chi connectivity index (χ1v) is 5.18. The van der Waals surface area contributed by atoms with Crippen molar-refractivity contribution in [3.63, 3.8) is 0 Å². The first kappa shape index (κ1) is 10.8. The van der Waals surface area contributed by atoms with Crippen LogP contribution in [0.5, 0.6) is 0 Å². The molecule has 0 heterocycles. The van der Waals surface area contributed by atoms with E-state index in [0.29, 0.717) is 0 Å². The minimum atomic E-state index is -2.61. The second kappa shape index (κ2) is 3.12. The minimum absolute atomic E-state index is 0.155. The van der Waals surface area contributed by atoms with E-state index in [1.807, 2.05) is 0 Å². The molecule has 0 aromatic heterocycles. The molecule has 13 heavy (non-hydrogen) atoms. The van der Waals surface area contributed by atoms with Crippen molar-refractivity contribution in [3.05, 3.63) is 0 Å². The Hall–Kier alpha value is -0.320. The van der Waals surface area contributed by atoms with Crippen LogP contribution in [0.15, 0.2) is 4.40 Å². The third-order valence-electron chi connectivity index (χ3n) is 1.73. The molecule has 1 fully saturated rings. The van der Waals surface area contributed by atoms with Gasteiger partial charge in [-0.15, -0.1) is 0 Å². The Morgan fingerprint density at radius 3 is 2.31 bits per heavy atom. The number of hydrogen-bond donors (Lipinski definition) is 0. The van der Waals surface area contributed by atoms with Gasteiger partial charge in [0.2, 0.25) is 0 Å². The predicted molar refractivity (Wildman–Crippen MR) is 49.4 cm³/mol. The largest absolute Gasteiger partial charge is 0.256 e. The fraction of sp³-hybridized carbons (Fsp3) is 0.875. The zero-order valence-electron chi connectivity index (χ0n) is 7.88. The quantitative estimate of drug-likeness (QED) is 0.641. The average molecular weight is 209 g/mol. The van der Waals surface area contributed by atoms with Gasteiger partial charge in [0.1, 0.15) is 11.0 Å². The van der Waals surface area contributed by atoms with E-state index in [9.17, 15) is 13.0 Å². The highest BCUT2D eigenvalue weighted by molar-refractivity contribution is 7.85. The molecule has 1 rings (SSSR count). The Morgan fingerprint density at radius 1 is 1.54 bits per heavy atom. The molecule has 2 nitrogen and oxygen atoms in total. The van der Waals surface area contributed by atoms with Crippen LogP contribution in [-0.4, -0.2) is 21.1 Å². The van der Waals surface area contributed by atoms with Crippen molar-refractivity contribution < 1.29 is 13.0 Å². The second-order valence-corrected chi connectivity index (χ2v) is 6.12. The smallest absolute Gasteiger partial charge is 0.234 e. The highest BCUT2D eigenvalue weighted by Crippen LogP contribution is 2.47. The lowest BCUT2D eigenvalue weighted by atomic mass is 10.3. The molecule has 0 radical (unpaired) electrons. The van der Waals surface area contributed by atoms with Crippen LogP contribution in [0.1, 0.15) is 27.2 Å². The molecule has 0 N–H and O–H groups in total. The summed E-state index contributed by atoms with van der Waals surface area (Å²) in [6.45, 7) is 5.27. The number of alkyl halides is 2. The monoisotopic (exact) mass is 209 g/mol. The number of halogens is 2. The zero-order valence-corrected chi connectivity index (χ0v) is 8.70. The van der Waals surface area contributed by atoms with Crippen molar-refractivity contribution in [3.8, 4) is 0 Å². The van der Waals surface area contributed by atoms with Crippen molar-refractivity contribution in [2.24, 2.45) is 10.3 Å². The third-order valence-corrected chi connectivity index (χ3v) is 3.10. The summed E-state index contributed by atoms with van der Waals surface area (Å²) in [4.78, 5) is 0. The van der Waals surface area contributed by atoms with Gasteiger partial charge in [0.15, 0.2) is 0 Å². The summed E-state index contributed by atoms with van der Waals surface area (Å²) in [5, 5.41) is 0. The van der Waals surface area contributed by atoms with E-state index in [1.165, 1.54) is 0 Å². The Balaban J connectivity index is 2.47. The average Bonchev–Trinajstić information content (AvgIpc) is 2.52. The molecular weight excluding hydrogens is 196 g/mol. The van der Waals surface area contributed by atoms with Gasteiger partial charge in [-0.05, 0) is 20.8 Å². The molecule has 5 heteroatoms. The van der Waals surface area contributed by atoms with Crippen LogP contribution in [0, 0.1) is 5.92 Å². The summed E-state index contributed by atoms with van der Waals surface area (Å²) < 4.78 is 39.1. The van der Waals surface area contributed by atoms with Crippen LogP contribution in [0.4, 0.5) is 8.78 Å². The van der Waals surface area contributed by atoms with Gasteiger partial charge in [0, 0.05) is 12.6 Å². The van der Waals surface area contributed by atoms with Gasteiger partial charge in [-0.1, -0.05) is 0 Å². The van der Waals surface area contributed by atoms with Gasteiger partial charge in [-0.2, -0.15) is 4.40 Å². The van der Waals surface area contributed by atoms with Gasteiger partial charge in [-0.25, -0.2) is 13.0 Å². The lowest BCUT2D eigenvalue weighted by molar-refractivity contribution is 0.111. The van der Waals surface area contributed by atoms with E-state index in [2.05, 4.69) is 4.40 Å². The molecule has 2 atom stereocenters. The SMILES string of the molecule is CC(C)(C)[S@@](=O)/N=C/C1CC1(F)F. The van der Waals surface area contributed by atoms with Crippen LogP contribution < -0.4 is 0 Å². The van der Waals surface area contributed by atoms with Gasteiger partial charge >= 0.3 is 0 Å². The lowest BCUT2D eigenvalue weighted by Crippen LogP contribution is -2.19. The maximum atomic E-state index is 12.4. The van der Waals surface area contributed by atoms with Crippen LogP contribution in [0.25, 0.3) is 0 Å². The number of hydrogen-bond acceptors (Lipinski definition) is 1. The summed E-state index contributed by atoms with van der Waals surface area (Å²) in [6, 6.07) is 0. The van der Waals surface area contributed by atoms with Crippen LogP contribution in [-0.2, 0) is 11.0 Å². The molecule has 0 amide bonds. The van der Waals surface area contributed by atoms with Crippen molar-refractivity contribution >= 4 is 17.2 Å². The Bertz CT molecular complexity index is 257. The molecule has 0 saturated heterocycles. The molecular formula is C8H13F2NOS. The van der Waals surface area contributed by atoms with Crippen LogP contribution >= 0.6 is 0 Å². The zero-order chi connectivity index (χ0) is 10.3. The Labute approximate surface area is 79.0 Å². The molecule has 1 saturated carbocycles. The van der Waals surface area contributed by atoms with E-state index < -0.39 is 27.6 Å². The molecule has 0 aromatic carbocycles. The maximum absolute atomic E-state index is 12.4. The summed E-state index contributed by atoms with van der Waals surface area (Å²) in [7, 11) is -1.42. The van der Waals surface area contributed by atoms with Crippen molar-refractivity contribution in [1.29, 1.82) is 0 Å². The first-order chi connectivity index (χ1) is 5.73. The number of rotatable bonds is 2. The van der Waals surface area contributed by atoms with E-state index in [4.69, 9.17) is 0 Å². The molecule has 1 aliphatic carbocycles. The van der Waals surface area contributed by atoms with Gasteiger partial charge in [0.25, 0.3) is 5.92 Å². The Kier molecular flexibility index (Phi) is 2.58. The standard InChI is InChI=1S/C8H13F2NOS/c1-7(2,3)13(12)11-5-6-4-8(6,9)10/h5-6H,4H2,1-3H3/b11-5+/t6?,13-/m1/s1. The van der Waals surface area contributed by atoms with Crippen molar-refractivity contribution in [2.45, 2.75) is 37.9 Å². The van der Waals surface area contributed by atoms with Gasteiger partial charge in [-0.3, -0.25) is 0 Å². The van der Waals surface area contributed by atoms with E-state index in [0.717, 1.165) is 6.21 Å². The van der Waals surface area contributed by atoms with Gasteiger partial charge in [0.05, 0.1) is 10.7 Å². The molecule has 76 valence electrons. The molecule has 1 unspecified atom stereocenters. The highest BCUT2D eigenvalue weighted by Gasteiger charge is 2.56. The van der Waals surface area contributed by atoms with Gasteiger partial charge < -0.3 is 0 Å². The predicted octanol–water partition coefficient (Wildman–Crippen LogP) is 2.17. The third kappa shape index (κ3) is 2.83. The fourth-order valence-corrected chi connectivity index (χ4v) is 1.26. The van der Waals surface area contributed by atoms with E-state index in [-0.39, 0.29) is 6.42 Å². The summed E-state index contributed by atoms with van der Waals surface area (Å²) in [5.74, 6) is -3.40. The molecule has 0 bridgehead atoms. The van der Waals surface area contributed by atoms with E-state index >= 15 is 0 Å². The van der Waals surface area contributed by atoms with E-state index in [1.54, 1.807) is 20.8 Å².